The lowest BCUT2D eigenvalue weighted by Crippen LogP contribution is -2.06. The van der Waals surface area contributed by atoms with Crippen LogP contribution in [0.25, 0.3) is 0 Å². The van der Waals surface area contributed by atoms with Crippen LogP contribution in [0.2, 0.25) is 0 Å². The van der Waals surface area contributed by atoms with Crippen LogP contribution in [0.4, 0.5) is 11.6 Å². The zero-order valence-corrected chi connectivity index (χ0v) is 10.7. The van der Waals surface area contributed by atoms with E-state index in [-0.39, 0.29) is 0 Å². The van der Waals surface area contributed by atoms with E-state index in [2.05, 4.69) is 32.6 Å². The van der Waals surface area contributed by atoms with Gasteiger partial charge in [-0.25, -0.2) is 4.98 Å². The summed E-state index contributed by atoms with van der Waals surface area (Å²) >= 11 is 0. The van der Waals surface area contributed by atoms with E-state index in [0.29, 0.717) is 6.54 Å². The Hall–Kier alpha value is -2.11. The second-order valence-corrected chi connectivity index (χ2v) is 4.09. The first kappa shape index (κ1) is 12.3. The van der Waals surface area contributed by atoms with Gasteiger partial charge in [0.2, 0.25) is 0 Å². The summed E-state index contributed by atoms with van der Waals surface area (Å²) in [5.41, 5.74) is 1.12. The van der Waals surface area contributed by atoms with Gasteiger partial charge in [-0.15, -0.1) is 0 Å². The largest absolute Gasteiger partial charge is 0.369 e. The highest BCUT2D eigenvalue weighted by Crippen LogP contribution is 2.08. The second kappa shape index (κ2) is 6.00. The average Bonchev–Trinajstić information content (AvgIpc) is 2.80. The van der Waals surface area contributed by atoms with Crippen molar-refractivity contribution in [3.63, 3.8) is 0 Å². The third-order valence-corrected chi connectivity index (χ3v) is 2.42. The molecule has 0 radical (unpaired) electrons. The fourth-order valence-corrected chi connectivity index (χ4v) is 1.55. The third-order valence-electron chi connectivity index (χ3n) is 2.42. The minimum Gasteiger partial charge on any atom is -0.369 e. The maximum absolute atomic E-state index is 4.42. The minimum absolute atomic E-state index is 0.694. The molecule has 0 amide bonds. The van der Waals surface area contributed by atoms with Crippen LogP contribution in [0.1, 0.15) is 18.9 Å². The summed E-state index contributed by atoms with van der Waals surface area (Å²) < 4.78 is 1.78. The van der Waals surface area contributed by atoms with Gasteiger partial charge < -0.3 is 10.6 Å². The molecule has 96 valence electrons. The minimum atomic E-state index is 0.694. The summed E-state index contributed by atoms with van der Waals surface area (Å²) in [6.07, 6.45) is 8.31. The number of rotatable bonds is 6. The summed E-state index contributed by atoms with van der Waals surface area (Å²) in [5.74, 6) is 1.56. The van der Waals surface area contributed by atoms with Crippen LogP contribution in [0.3, 0.4) is 0 Å². The summed E-state index contributed by atoms with van der Waals surface area (Å²) in [5, 5.41) is 10.5. The number of aryl methyl sites for hydroxylation is 1. The van der Waals surface area contributed by atoms with E-state index in [1.54, 1.807) is 17.1 Å². The highest BCUT2D eigenvalue weighted by Gasteiger charge is 1.99. The standard InChI is InChI=1S/C12H18N6/c1-3-4-14-11-7-13-8-12(17-11)15-5-10-6-16-18(2)9-10/h6-9H,3-5H2,1-2H3,(H2,14,15,17). The van der Waals surface area contributed by atoms with Crippen LogP contribution < -0.4 is 10.6 Å². The van der Waals surface area contributed by atoms with Gasteiger partial charge in [0.1, 0.15) is 11.6 Å². The van der Waals surface area contributed by atoms with Crippen molar-refractivity contribution in [1.82, 2.24) is 19.7 Å². The van der Waals surface area contributed by atoms with Gasteiger partial charge in [-0.2, -0.15) is 5.10 Å². The Morgan fingerprint density at radius 1 is 1.17 bits per heavy atom. The number of aromatic nitrogens is 4. The molecule has 0 aromatic carbocycles. The quantitative estimate of drug-likeness (QED) is 0.811. The van der Waals surface area contributed by atoms with Gasteiger partial charge in [-0.3, -0.25) is 9.67 Å². The van der Waals surface area contributed by atoms with E-state index in [9.17, 15) is 0 Å². The smallest absolute Gasteiger partial charge is 0.147 e. The predicted molar refractivity (Wildman–Crippen MR) is 71.3 cm³/mol. The Morgan fingerprint density at radius 2 is 1.94 bits per heavy atom. The Labute approximate surface area is 106 Å². The zero-order valence-electron chi connectivity index (χ0n) is 10.7. The number of hydrogen-bond donors (Lipinski definition) is 2. The molecule has 2 rings (SSSR count). The molecule has 2 aromatic rings. The molecule has 0 atom stereocenters. The number of nitrogens with zero attached hydrogens (tertiary/aromatic N) is 4. The molecule has 0 aliphatic carbocycles. The topological polar surface area (TPSA) is 67.7 Å². The fourth-order valence-electron chi connectivity index (χ4n) is 1.55. The Bertz CT molecular complexity index is 493. The summed E-state index contributed by atoms with van der Waals surface area (Å²) in [6.45, 7) is 3.71. The molecule has 0 aliphatic rings. The van der Waals surface area contributed by atoms with E-state index < -0.39 is 0 Å². The molecule has 0 fully saturated rings. The molecule has 0 bridgehead atoms. The first-order valence-electron chi connectivity index (χ1n) is 6.05. The SMILES string of the molecule is CCCNc1cncc(NCc2cnn(C)c2)n1. The van der Waals surface area contributed by atoms with Crippen LogP contribution >= 0.6 is 0 Å². The maximum atomic E-state index is 4.42. The van der Waals surface area contributed by atoms with Crippen molar-refractivity contribution in [1.29, 1.82) is 0 Å². The number of nitrogens with one attached hydrogen (secondary N) is 2. The van der Waals surface area contributed by atoms with Gasteiger partial charge in [0, 0.05) is 31.9 Å². The molecular weight excluding hydrogens is 228 g/mol. The lowest BCUT2D eigenvalue weighted by molar-refractivity contribution is 0.767. The van der Waals surface area contributed by atoms with Crippen LogP contribution in [-0.2, 0) is 13.6 Å². The first-order valence-corrected chi connectivity index (χ1v) is 6.05. The Kier molecular flexibility index (Phi) is 4.11. The van der Waals surface area contributed by atoms with Crippen molar-refractivity contribution in [2.75, 3.05) is 17.2 Å². The lowest BCUT2D eigenvalue weighted by Gasteiger charge is -2.07. The van der Waals surface area contributed by atoms with E-state index in [1.165, 1.54) is 0 Å². The van der Waals surface area contributed by atoms with Gasteiger partial charge in [-0.05, 0) is 6.42 Å². The van der Waals surface area contributed by atoms with E-state index in [1.807, 2.05) is 19.4 Å². The molecule has 18 heavy (non-hydrogen) atoms. The van der Waals surface area contributed by atoms with Crippen molar-refractivity contribution in [2.24, 2.45) is 7.05 Å². The van der Waals surface area contributed by atoms with Gasteiger partial charge >= 0.3 is 0 Å². The zero-order chi connectivity index (χ0) is 12.8. The highest BCUT2D eigenvalue weighted by molar-refractivity contribution is 5.41. The Balaban J connectivity index is 1.92. The van der Waals surface area contributed by atoms with Crippen molar-refractivity contribution in [3.05, 3.63) is 30.4 Å². The molecule has 0 aliphatic heterocycles. The predicted octanol–water partition coefficient (Wildman–Crippen LogP) is 1.64. The maximum Gasteiger partial charge on any atom is 0.147 e. The monoisotopic (exact) mass is 246 g/mol. The van der Waals surface area contributed by atoms with E-state index in [0.717, 1.165) is 30.2 Å². The van der Waals surface area contributed by atoms with Crippen molar-refractivity contribution in [2.45, 2.75) is 19.9 Å². The molecule has 6 heteroatoms. The van der Waals surface area contributed by atoms with Gasteiger partial charge in [0.15, 0.2) is 0 Å². The van der Waals surface area contributed by atoms with Crippen LogP contribution in [0, 0.1) is 0 Å². The molecule has 2 heterocycles. The van der Waals surface area contributed by atoms with Crippen LogP contribution in [-0.4, -0.2) is 26.3 Å². The molecule has 0 unspecified atom stereocenters. The first-order chi connectivity index (χ1) is 8.78. The van der Waals surface area contributed by atoms with Crippen LogP contribution in [0.15, 0.2) is 24.8 Å². The van der Waals surface area contributed by atoms with Crippen LogP contribution in [0.5, 0.6) is 0 Å². The molecule has 0 saturated carbocycles. The normalized spacial score (nSPS) is 10.3. The fraction of sp³-hybridized carbons (Fsp3) is 0.417. The third kappa shape index (κ3) is 3.44. The van der Waals surface area contributed by atoms with Gasteiger partial charge in [-0.1, -0.05) is 6.92 Å². The van der Waals surface area contributed by atoms with Gasteiger partial charge in [0.05, 0.1) is 18.6 Å². The average molecular weight is 246 g/mol. The molecule has 0 spiro atoms. The molecular formula is C12H18N6. The van der Waals surface area contributed by atoms with E-state index >= 15 is 0 Å². The molecule has 6 nitrogen and oxygen atoms in total. The lowest BCUT2D eigenvalue weighted by atomic mass is 10.3. The number of hydrogen-bond acceptors (Lipinski definition) is 5. The second-order valence-electron chi connectivity index (χ2n) is 4.09. The van der Waals surface area contributed by atoms with Crippen molar-refractivity contribution < 1.29 is 0 Å². The molecule has 0 saturated heterocycles. The summed E-state index contributed by atoms with van der Waals surface area (Å²) in [4.78, 5) is 8.57. The highest BCUT2D eigenvalue weighted by atomic mass is 15.2. The molecule has 2 N–H and O–H groups in total. The van der Waals surface area contributed by atoms with E-state index in [4.69, 9.17) is 0 Å². The molecule has 2 aromatic heterocycles. The van der Waals surface area contributed by atoms with Crippen molar-refractivity contribution in [3.8, 4) is 0 Å². The summed E-state index contributed by atoms with van der Waals surface area (Å²) in [6, 6.07) is 0. The summed E-state index contributed by atoms with van der Waals surface area (Å²) in [7, 11) is 1.90. The Morgan fingerprint density at radius 3 is 2.61 bits per heavy atom. The van der Waals surface area contributed by atoms with Gasteiger partial charge in [0.25, 0.3) is 0 Å². The van der Waals surface area contributed by atoms with Crippen molar-refractivity contribution >= 4 is 11.6 Å². The number of anilines is 2.